The summed E-state index contributed by atoms with van der Waals surface area (Å²) >= 11 is 15.3. The van der Waals surface area contributed by atoms with Gasteiger partial charge >= 0.3 is 5.97 Å². The maximum atomic E-state index is 12.9. The summed E-state index contributed by atoms with van der Waals surface area (Å²) in [6.45, 7) is -0.466. The van der Waals surface area contributed by atoms with E-state index in [0.29, 0.717) is 37.9 Å². The van der Waals surface area contributed by atoms with E-state index in [1.54, 1.807) is 44.4 Å². The summed E-state index contributed by atoms with van der Waals surface area (Å²) in [6, 6.07) is 21.2. The van der Waals surface area contributed by atoms with E-state index in [2.05, 4.69) is 26.2 Å². The van der Waals surface area contributed by atoms with Crippen molar-refractivity contribution in [2.75, 3.05) is 26.0 Å². The zero-order chi connectivity index (χ0) is 26.9. The molecular weight excluding hydrogens is 581 g/mol. The molecule has 190 valence electrons. The van der Waals surface area contributed by atoms with Crippen LogP contribution in [-0.2, 0) is 14.3 Å². The lowest BCUT2D eigenvalue weighted by atomic mass is 10.0. The predicted octanol–water partition coefficient (Wildman–Crippen LogP) is 6.47. The summed E-state index contributed by atoms with van der Waals surface area (Å²) in [5.74, 6) is -1.14. The van der Waals surface area contributed by atoms with E-state index in [1.165, 1.54) is 4.90 Å². The third-order valence-electron chi connectivity index (χ3n) is 4.75. The van der Waals surface area contributed by atoms with Gasteiger partial charge in [0.2, 0.25) is 6.41 Å². The molecular formula is C27H22BrCl2N3O4. The summed E-state index contributed by atoms with van der Waals surface area (Å²) in [7, 11) is 3.38. The van der Waals surface area contributed by atoms with E-state index < -0.39 is 18.5 Å². The Balaban J connectivity index is 0.000000695. The lowest BCUT2D eigenvalue weighted by Gasteiger charge is -2.11. The minimum atomic E-state index is -0.626. The minimum Gasteiger partial charge on any atom is -0.452 e. The van der Waals surface area contributed by atoms with E-state index in [9.17, 15) is 14.4 Å². The Hall–Kier alpha value is -3.46. The Morgan fingerprint density at radius 3 is 2.32 bits per heavy atom. The standard InChI is InChI=1S/C24H15BrCl2N2O3.C3H7NO/c25-15-5-3-4-14(8-15)22-12-20(19-6-1-2-7-21(19)29-22)24(31)32-13-23(30)28-18-10-16(26)9-17(27)11-18;1-4(2)3-5/h1-12H,13H2,(H,28,30);3H,1-2H3. The molecule has 0 atom stereocenters. The highest BCUT2D eigenvalue weighted by Crippen LogP contribution is 2.27. The number of anilines is 1. The van der Waals surface area contributed by atoms with Gasteiger partial charge in [-0.05, 0) is 42.5 Å². The second kappa shape index (κ2) is 13.2. The number of ether oxygens (including phenoxy) is 1. The fourth-order valence-electron chi connectivity index (χ4n) is 3.17. The van der Waals surface area contributed by atoms with Crippen LogP contribution < -0.4 is 5.32 Å². The van der Waals surface area contributed by atoms with Crippen molar-refractivity contribution >= 4 is 74.0 Å². The van der Waals surface area contributed by atoms with E-state index in [1.807, 2.05) is 42.5 Å². The molecule has 4 aromatic rings. The molecule has 1 aromatic heterocycles. The molecule has 1 N–H and O–H groups in total. The number of carbonyl (C=O) groups excluding carboxylic acids is 3. The highest BCUT2D eigenvalue weighted by atomic mass is 79.9. The molecule has 37 heavy (non-hydrogen) atoms. The smallest absolute Gasteiger partial charge is 0.339 e. The number of para-hydroxylation sites is 1. The average Bonchev–Trinajstić information content (AvgIpc) is 2.86. The van der Waals surface area contributed by atoms with Crippen LogP contribution in [0.5, 0.6) is 0 Å². The van der Waals surface area contributed by atoms with Gasteiger partial charge in [-0.2, -0.15) is 0 Å². The van der Waals surface area contributed by atoms with Gasteiger partial charge in [-0.3, -0.25) is 9.59 Å². The average molecular weight is 603 g/mol. The number of nitrogens with one attached hydrogen (secondary N) is 1. The molecule has 7 nitrogen and oxygen atoms in total. The Bertz CT molecular complexity index is 1430. The maximum absolute atomic E-state index is 12.9. The van der Waals surface area contributed by atoms with Crippen molar-refractivity contribution in [2.24, 2.45) is 0 Å². The Labute approximate surface area is 232 Å². The second-order valence-electron chi connectivity index (χ2n) is 7.93. The number of esters is 1. The van der Waals surface area contributed by atoms with Gasteiger partial charge in [-0.25, -0.2) is 9.78 Å². The summed E-state index contributed by atoms with van der Waals surface area (Å²) in [6.07, 6.45) is 0.750. The topological polar surface area (TPSA) is 88.6 Å². The van der Waals surface area contributed by atoms with Crippen LogP contribution in [0.15, 0.2) is 77.3 Å². The van der Waals surface area contributed by atoms with Crippen molar-refractivity contribution in [1.82, 2.24) is 9.88 Å². The number of halogens is 3. The van der Waals surface area contributed by atoms with Crippen molar-refractivity contribution < 1.29 is 19.1 Å². The maximum Gasteiger partial charge on any atom is 0.339 e. The molecule has 0 radical (unpaired) electrons. The Morgan fingerprint density at radius 1 is 1.00 bits per heavy atom. The van der Waals surface area contributed by atoms with Gasteiger partial charge in [-0.1, -0.05) is 69.5 Å². The summed E-state index contributed by atoms with van der Waals surface area (Å²) < 4.78 is 6.19. The number of rotatable bonds is 6. The quantitative estimate of drug-likeness (QED) is 0.202. The molecule has 0 spiro atoms. The molecule has 0 unspecified atom stereocenters. The molecule has 2 amide bonds. The first kappa shape index (κ1) is 28.1. The number of nitrogens with zero attached hydrogens (tertiary/aromatic N) is 2. The van der Waals surface area contributed by atoms with Gasteiger partial charge in [-0.15, -0.1) is 0 Å². The summed E-state index contributed by atoms with van der Waals surface area (Å²) in [5.41, 5.74) is 2.85. The fourth-order valence-corrected chi connectivity index (χ4v) is 4.10. The van der Waals surface area contributed by atoms with Crippen LogP contribution in [0.1, 0.15) is 10.4 Å². The number of pyridine rings is 1. The number of fused-ring (bicyclic) bond motifs is 1. The number of benzene rings is 3. The molecule has 0 aliphatic carbocycles. The van der Waals surface area contributed by atoms with E-state index in [0.717, 1.165) is 16.4 Å². The highest BCUT2D eigenvalue weighted by molar-refractivity contribution is 9.10. The first-order chi connectivity index (χ1) is 17.7. The van der Waals surface area contributed by atoms with Crippen molar-refractivity contribution in [3.05, 3.63) is 92.9 Å². The fraction of sp³-hybridized carbons (Fsp3) is 0.111. The first-order valence-electron chi connectivity index (χ1n) is 10.9. The van der Waals surface area contributed by atoms with Crippen molar-refractivity contribution in [3.63, 3.8) is 0 Å². The number of carbonyl (C=O) groups is 3. The minimum absolute atomic E-state index is 0.323. The number of hydrogen-bond acceptors (Lipinski definition) is 5. The van der Waals surface area contributed by atoms with Crippen LogP contribution in [0.2, 0.25) is 10.0 Å². The zero-order valence-electron chi connectivity index (χ0n) is 19.9. The van der Waals surface area contributed by atoms with Crippen LogP contribution in [0.4, 0.5) is 5.69 Å². The van der Waals surface area contributed by atoms with Gasteiger partial charge in [0.15, 0.2) is 6.61 Å². The van der Waals surface area contributed by atoms with E-state index >= 15 is 0 Å². The van der Waals surface area contributed by atoms with Gasteiger partial charge in [0.1, 0.15) is 0 Å². The lowest BCUT2D eigenvalue weighted by Crippen LogP contribution is -2.21. The predicted molar refractivity (Wildman–Crippen MR) is 150 cm³/mol. The van der Waals surface area contributed by atoms with Crippen LogP contribution in [0.25, 0.3) is 22.2 Å². The van der Waals surface area contributed by atoms with Crippen molar-refractivity contribution in [2.45, 2.75) is 0 Å². The lowest BCUT2D eigenvalue weighted by molar-refractivity contribution is -0.119. The molecule has 0 aliphatic heterocycles. The van der Waals surface area contributed by atoms with Gasteiger partial charge in [0.25, 0.3) is 5.91 Å². The Kier molecular flexibility index (Phi) is 10.0. The Morgan fingerprint density at radius 2 is 1.68 bits per heavy atom. The largest absolute Gasteiger partial charge is 0.452 e. The van der Waals surface area contributed by atoms with Crippen LogP contribution in [0.3, 0.4) is 0 Å². The van der Waals surface area contributed by atoms with E-state index in [-0.39, 0.29) is 0 Å². The third-order valence-corrected chi connectivity index (χ3v) is 5.68. The molecule has 1 heterocycles. The third kappa shape index (κ3) is 8.28. The SMILES string of the molecule is CN(C)C=O.O=C(COC(=O)c1cc(-c2cccc(Br)c2)nc2ccccc12)Nc1cc(Cl)cc(Cl)c1. The van der Waals surface area contributed by atoms with Crippen LogP contribution in [-0.4, -0.2) is 48.9 Å². The van der Waals surface area contributed by atoms with Crippen LogP contribution >= 0.6 is 39.1 Å². The summed E-state index contributed by atoms with van der Waals surface area (Å²) in [5, 5.41) is 4.01. The van der Waals surface area contributed by atoms with Gasteiger partial charge in [0.05, 0.1) is 16.8 Å². The molecule has 10 heteroatoms. The number of amides is 2. The van der Waals surface area contributed by atoms with Crippen LogP contribution in [0, 0.1) is 0 Å². The van der Waals surface area contributed by atoms with Gasteiger partial charge in [0, 0.05) is 45.3 Å². The first-order valence-corrected chi connectivity index (χ1v) is 12.4. The molecule has 0 saturated carbocycles. The molecule has 0 fully saturated rings. The second-order valence-corrected chi connectivity index (χ2v) is 9.72. The van der Waals surface area contributed by atoms with Crippen molar-refractivity contribution in [3.8, 4) is 11.3 Å². The summed E-state index contributed by atoms with van der Waals surface area (Å²) in [4.78, 5) is 40.7. The number of hydrogen-bond donors (Lipinski definition) is 1. The highest BCUT2D eigenvalue weighted by Gasteiger charge is 2.17. The molecule has 0 aliphatic rings. The normalized spacial score (nSPS) is 10.2. The van der Waals surface area contributed by atoms with Crippen molar-refractivity contribution in [1.29, 1.82) is 0 Å². The zero-order valence-corrected chi connectivity index (χ0v) is 23.0. The monoisotopic (exact) mass is 601 g/mol. The molecule has 4 rings (SSSR count). The molecule has 3 aromatic carbocycles. The van der Waals surface area contributed by atoms with E-state index in [4.69, 9.17) is 27.9 Å². The molecule has 0 bridgehead atoms. The van der Waals surface area contributed by atoms with Gasteiger partial charge < -0.3 is 15.0 Å². The number of aromatic nitrogens is 1. The molecule has 0 saturated heterocycles.